The molecule has 186 valence electrons. The Morgan fingerprint density at radius 2 is 2.26 bits per heavy atom. The highest BCUT2D eigenvalue weighted by molar-refractivity contribution is 7.10. The monoisotopic (exact) mass is 488 g/mol. The lowest BCUT2D eigenvalue weighted by molar-refractivity contribution is -0.136. The summed E-state index contributed by atoms with van der Waals surface area (Å²) in [5, 5.41) is 12.5. The quantitative estimate of drug-likeness (QED) is 0.326. The van der Waals surface area contributed by atoms with Gasteiger partial charge in [-0.05, 0) is 48.1 Å². The fourth-order valence-electron chi connectivity index (χ4n) is 4.13. The number of benzene rings is 1. The van der Waals surface area contributed by atoms with Crippen LogP contribution in [0.1, 0.15) is 22.0 Å². The number of aliphatic hydroxyl groups excluding tert-OH is 1. The van der Waals surface area contributed by atoms with Gasteiger partial charge in [0.05, 0.1) is 38.5 Å². The van der Waals surface area contributed by atoms with Crippen LogP contribution in [0, 0.1) is 6.92 Å². The minimum absolute atomic E-state index is 0.0185. The molecular formula is C26H36N2O5S. The van der Waals surface area contributed by atoms with Crippen molar-refractivity contribution in [3.63, 3.8) is 0 Å². The van der Waals surface area contributed by atoms with E-state index in [4.69, 9.17) is 14.2 Å². The Hall–Kier alpha value is -2.23. The van der Waals surface area contributed by atoms with Crippen LogP contribution in [0.2, 0.25) is 0 Å². The Morgan fingerprint density at radius 3 is 3.03 bits per heavy atom. The Morgan fingerprint density at radius 1 is 1.41 bits per heavy atom. The van der Waals surface area contributed by atoms with Gasteiger partial charge in [-0.2, -0.15) is 0 Å². The molecule has 0 saturated carbocycles. The van der Waals surface area contributed by atoms with E-state index in [1.807, 2.05) is 41.0 Å². The molecule has 34 heavy (non-hydrogen) atoms. The van der Waals surface area contributed by atoms with Gasteiger partial charge < -0.3 is 24.2 Å². The molecule has 1 N–H and O–H groups in total. The maximum absolute atomic E-state index is 13.5. The average molecular weight is 489 g/mol. The fraction of sp³-hybridized carbons (Fsp3) is 0.500. The van der Waals surface area contributed by atoms with E-state index in [2.05, 4.69) is 18.0 Å². The SMILES string of the molecule is C=CCOC[C@H](O)CN(CCOC)CC(=O)N1CCc2sccc2[C@H]1COc1cccc(C)c1. The van der Waals surface area contributed by atoms with Crippen molar-refractivity contribution in [3.05, 3.63) is 64.4 Å². The van der Waals surface area contributed by atoms with Crippen molar-refractivity contribution < 1.29 is 24.1 Å². The lowest BCUT2D eigenvalue weighted by Crippen LogP contribution is -2.48. The molecule has 0 bridgehead atoms. The Bertz CT molecular complexity index is 918. The van der Waals surface area contributed by atoms with E-state index in [1.165, 1.54) is 10.4 Å². The summed E-state index contributed by atoms with van der Waals surface area (Å²) in [5.74, 6) is 0.823. The second-order valence-electron chi connectivity index (χ2n) is 8.49. The van der Waals surface area contributed by atoms with Gasteiger partial charge >= 0.3 is 0 Å². The van der Waals surface area contributed by atoms with Crippen molar-refractivity contribution in [2.75, 3.05) is 59.7 Å². The largest absolute Gasteiger partial charge is 0.491 e. The predicted octanol–water partition coefficient (Wildman–Crippen LogP) is 3.07. The normalized spacial score (nSPS) is 16.4. The van der Waals surface area contributed by atoms with Gasteiger partial charge in [-0.1, -0.05) is 18.2 Å². The summed E-state index contributed by atoms with van der Waals surface area (Å²) in [7, 11) is 1.63. The van der Waals surface area contributed by atoms with Crippen LogP contribution in [0.5, 0.6) is 5.75 Å². The van der Waals surface area contributed by atoms with E-state index in [0.29, 0.717) is 39.5 Å². The maximum Gasteiger partial charge on any atom is 0.237 e. The van der Waals surface area contributed by atoms with Crippen molar-refractivity contribution in [1.82, 2.24) is 9.80 Å². The number of rotatable bonds is 14. The standard InChI is InChI=1S/C26H36N2O5S/c1-4-12-32-18-21(29)16-27(11-13-31-3)17-26(30)28-10-8-25-23(9-14-34-25)24(28)19-33-22-7-5-6-20(2)15-22/h4-7,9,14-15,21,24,29H,1,8,10-13,16-19H2,2-3H3/t21-,24-/m1/s1. The minimum Gasteiger partial charge on any atom is -0.491 e. The van der Waals surface area contributed by atoms with E-state index in [1.54, 1.807) is 24.5 Å². The highest BCUT2D eigenvalue weighted by atomic mass is 32.1. The number of hydrogen-bond acceptors (Lipinski definition) is 7. The van der Waals surface area contributed by atoms with Crippen LogP contribution in [-0.2, 0) is 20.7 Å². The summed E-state index contributed by atoms with van der Waals surface area (Å²) in [6.07, 6.45) is 1.79. The number of fused-ring (bicyclic) bond motifs is 1. The summed E-state index contributed by atoms with van der Waals surface area (Å²) in [4.78, 5) is 18.6. The number of amides is 1. The Kier molecular flexibility index (Phi) is 10.6. The molecule has 7 nitrogen and oxygen atoms in total. The highest BCUT2D eigenvalue weighted by Gasteiger charge is 2.33. The number of carbonyl (C=O) groups excluding carboxylic acids is 1. The van der Waals surface area contributed by atoms with Gasteiger partial charge in [-0.15, -0.1) is 17.9 Å². The molecule has 0 saturated heterocycles. The maximum atomic E-state index is 13.5. The number of aryl methyl sites for hydroxylation is 1. The van der Waals surface area contributed by atoms with E-state index >= 15 is 0 Å². The third-order valence-corrected chi connectivity index (χ3v) is 6.79. The number of carbonyl (C=O) groups is 1. The topological polar surface area (TPSA) is 71.5 Å². The van der Waals surface area contributed by atoms with Gasteiger partial charge in [0.2, 0.25) is 5.91 Å². The van der Waals surface area contributed by atoms with Crippen LogP contribution in [0.25, 0.3) is 0 Å². The van der Waals surface area contributed by atoms with Gasteiger partial charge in [-0.25, -0.2) is 0 Å². The van der Waals surface area contributed by atoms with Crippen LogP contribution in [-0.4, -0.2) is 86.6 Å². The van der Waals surface area contributed by atoms with Crippen molar-refractivity contribution >= 4 is 17.2 Å². The molecule has 0 spiro atoms. The third kappa shape index (κ3) is 7.65. The first-order valence-electron chi connectivity index (χ1n) is 11.6. The van der Waals surface area contributed by atoms with Gasteiger partial charge in [-0.3, -0.25) is 9.69 Å². The molecule has 0 unspecified atom stereocenters. The van der Waals surface area contributed by atoms with Crippen molar-refractivity contribution in [1.29, 1.82) is 0 Å². The lowest BCUT2D eigenvalue weighted by Gasteiger charge is -2.37. The lowest BCUT2D eigenvalue weighted by atomic mass is 10.0. The number of aliphatic hydroxyl groups is 1. The molecule has 0 radical (unpaired) electrons. The first-order chi connectivity index (χ1) is 16.5. The van der Waals surface area contributed by atoms with Crippen LogP contribution in [0.4, 0.5) is 0 Å². The third-order valence-electron chi connectivity index (χ3n) is 5.80. The predicted molar refractivity (Wildman–Crippen MR) is 134 cm³/mol. The zero-order valence-electron chi connectivity index (χ0n) is 20.2. The fourth-order valence-corrected chi connectivity index (χ4v) is 5.06. The summed E-state index contributed by atoms with van der Waals surface area (Å²) in [6.45, 7) is 8.81. The van der Waals surface area contributed by atoms with Crippen LogP contribution < -0.4 is 4.74 Å². The molecular weight excluding hydrogens is 452 g/mol. The van der Waals surface area contributed by atoms with Gasteiger partial charge in [0, 0.05) is 31.6 Å². The second-order valence-corrected chi connectivity index (χ2v) is 9.49. The smallest absolute Gasteiger partial charge is 0.237 e. The van der Waals surface area contributed by atoms with Gasteiger partial charge in [0.1, 0.15) is 12.4 Å². The molecule has 0 fully saturated rings. The summed E-state index contributed by atoms with van der Waals surface area (Å²) in [6, 6.07) is 9.92. The number of methoxy groups -OCH3 is 1. The molecule has 2 aromatic rings. The molecule has 8 heteroatoms. The molecule has 2 atom stereocenters. The van der Waals surface area contributed by atoms with E-state index in [-0.39, 0.29) is 25.1 Å². The average Bonchev–Trinajstić information content (AvgIpc) is 3.30. The Balaban J connectivity index is 1.68. The molecule has 0 aliphatic carbocycles. The molecule has 1 aliphatic heterocycles. The first-order valence-corrected chi connectivity index (χ1v) is 12.5. The zero-order valence-corrected chi connectivity index (χ0v) is 21.0. The molecule has 1 amide bonds. The van der Waals surface area contributed by atoms with E-state index < -0.39 is 6.10 Å². The molecule has 1 aromatic carbocycles. The van der Waals surface area contributed by atoms with Crippen molar-refractivity contribution in [2.24, 2.45) is 0 Å². The highest BCUT2D eigenvalue weighted by Crippen LogP contribution is 2.34. The Labute approximate surface area is 206 Å². The molecule has 2 heterocycles. The zero-order chi connectivity index (χ0) is 24.3. The van der Waals surface area contributed by atoms with E-state index in [0.717, 1.165) is 17.7 Å². The number of hydrogen-bond donors (Lipinski definition) is 1. The molecule has 1 aliphatic rings. The summed E-state index contributed by atoms with van der Waals surface area (Å²) >= 11 is 1.74. The van der Waals surface area contributed by atoms with Crippen LogP contribution in [0.3, 0.4) is 0 Å². The number of nitrogens with zero attached hydrogens (tertiary/aromatic N) is 2. The van der Waals surface area contributed by atoms with Crippen LogP contribution >= 0.6 is 11.3 Å². The first kappa shape index (κ1) is 26.4. The number of ether oxygens (including phenoxy) is 3. The molecule has 3 rings (SSSR count). The van der Waals surface area contributed by atoms with Crippen molar-refractivity contribution in [2.45, 2.75) is 25.5 Å². The summed E-state index contributed by atoms with van der Waals surface area (Å²) < 4.78 is 16.7. The number of thiophene rings is 1. The second kappa shape index (κ2) is 13.6. The van der Waals surface area contributed by atoms with Crippen LogP contribution in [0.15, 0.2) is 48.4 Å². The summed E-state index contributed by atoms with van der Waals surface area (Å²) in [5.41, 5.74) is 2.30. The molecule has 1 aromatic heterocycles. The van der Waals surface area contributed by atoms with E-state index in [9.17, 15) is 9.90 Å². The van der Waals surface area contributed by atoms with Gasteiger partial charge in [0.25, 0.3) is 0 Å². The van der Waals surface area contributed by atoms with Gasteiger partial charge in [0.15, 0.2) is 0 Å². The minimum atomic E-state index is -0.699. The van der Waals surface area contributed by atoms with Crippen molar-refractivity contribution in [3.8, 4) is 5.75 Å².